The van der Waals surface area contributed by atoms with Gasteiger partial charge in [0.05, 0.1) is 12.7 Å². The largest absolute Gasteiger partial charge is 0.435 e. The average molecular weight is 320 g/mol. The van der Waals surface area contributed by atoms with E-state index in [-0.39, 0.29) is 4.68 Å². The minimum atomic E-state index is -5.05. The van der Waals surface area contributed by atoms with E-state index in [9.17, 15) is 31.4 Å². The van der Waals surface area contributed by atoms with Crippen molar-refractivity contribution in [1.29, 1.82) is 0 Å². The van der Waals surface area contributed by atoms with Crippen molar-refractivity contribution in [3.05, 3.63) is 17.0 Å². The molecule has 0 radical (unpaired) electrons. The molecule has 0 aliphatic rings. The van der Waals surface area contributed by atoms with Crippen LogP contribution in [0.5, 0.6) is 0 Å². The van der Waals surface area contributed by atoms with Crippen LogP contribution in [-0.4, -0.2) is 32.7 Å². The van der Waals surface area contributed by atoms with Crippen molar-refractivity contribution in [3.8, 4) is 0 Å². The molecule has 0 saturated carbocycles. The van der Waals surface area contributed by atoms with Crippen LogP contribution in [0.3, 0.4) is 0 Å². The summed E-state index contributed by atoms with van der Waals surface area (Å²) in [7, 11) is 0.775. The molecule has 0 aromatic carbocycles. The third-order valence-electron chi connectivity index (χ3n) is 2.95. The fraction of sp³-hybridized carbons (Fsp3) is 0.727. The van der Waals surface area contributed by atoms with Gasteiger partial charge in [0.1, 0.15) is 5.69 Å². The number of nitrogens with zero attached hydrogens (tertiary/aromatic N) is 2. The normalized spacial score (nSPS) is 16.1. The monoisotopic (exact) mass is 320 g/mol. The van der Waals surface area contributed by atoms with E-state index >= 15 is 0 Å². The van der Waals surface area contributed by atoms with E-state index in [1.807, 2.05) is 0 Å². The van der Waals surface area contributed by atoms with Crippen molar-refractivity contribution in [2.45, 2.75) is 37.7 Å². The Kier molecular flexibility index (Phi) is 4.94. The van der Waals surface area contributed by atoms with Crippen LogP contribution in [0.2, 0.25) is 0 Å². The second kappa shape index (κ2) is 5.84. The molecule has 1 rings (SSSR count). The summed E-state index contributed by atoms with van der Waals surface area (Å²) >= 11 is 0. The molecule has 0 amide bonds. The molecule has 0 aliphatic carbocycles. The van der Waals surface area contributed by atoms with E-state index in [1.54, 1.807) is 0 Å². The van der Waals surface area contributed by atoms with E-state index < -0.39 is 54.4 Å². The van der Waals surface area contributed by atoms with Gasteiger partial charge in [0.15, 0.2) is 5.69 Å². The van der Waals surface area contributed by atoms with Crippen molar-refractivity contribution in [2.75, 3.05) is 6.61 Å². The van der Waals surface area contributed by atoms with Gasteiger partial charge in [-0.3, -0.25) is 4.68 Å². The quantitative estimate of drug-likeness (QED) is 0.837. The number of rotatable bonds is 4. The molecule has 0 fully saturated rings. The van der Waals surface area contributed by atoms with Gasteiger partial charge >= 0.3 is 12.4 Å². The minimum Gasteiger partial charge on any atom is -0.394 e. The lowest BCUT2D eigenvalue weighted by molar-refractivity contribution is -0.145. The summed E-state index contributed by atoms with van der Waals surface area (Å²) in [4.78, 5) is 0. The van der Waals surface area contributed by atoms with E-state index in [0.717, 1.165) is 14.0 Å². The topological polar surface area (TPSA) is 58.3 Å². The molecule has 10 heteroatoms. The summed E-state index contributed by atoms with van der Waals surface area (Å²) in [6.45, 7) is 0.355. The molecule has 0 saturated heterocycles. The van der Waals surface area contributed by atoms with Gasteiger partial charge < -0.3 is 10.2 Å². The SMILES string of the molecule is CC(CC(O)CO)c1c(C(F)(F)F)nn(C)c1C(F)(F)F. The zero-order valence-corrected chi connectivity index (χ0v) is 11.1. The first-order chi connectivity index (χ1) is 9.39. The molecule has 0 aliphatic heterocycles. The molecule has 2 atom stereocenters. The van der Waals surface area contributed by atoms with Gasteiger partial charge in [0.2, 0.25) is 0 Å². The van der Waals surface area contributed by atoms with Crippen LogP contribution in [0.15, 0.2) is 0 Å². The maximum atomic E-state index is 13.0. The minimum absolute atomic E-state index is 0.139. The smallest absolute Gasteiger partial charge is 0.394 e. The third-order valence-corrected chi connectivity index (χ3v) is 2.95. The van der Waals surface area contributed by atoms with Gasteiger partial charge in [-0.2, -0.15) is 31.4 Å². The standard InChI is InChI=1S/C11H14F6N2O2/c1-5(3-6(21)4-20)7-8(10(12,13)14)18-19(2)9(7)11(15,16)17/h5-6,20-21H,3-4H2,1-2H3. The molecule has 1 aromatic heterocycles. The number of aryl methyl sites for hydroxylation is 1. The maximum Gasteiger partial charge on any atom is 0.435 e. The van der Waals surface area contributed by atoms with Crippen molar-refractivity contribution >= 4 is 0 Å². The van der Waals surface area contributed by atoms with Gasteiger partial charge in [0.25, 0.3) is 0 Å². The molecule has 2 unspecified atom stereocenters. The van der Waals surface area contributed by atoms with Crippen LogP contribution in [0.25, 0.3) is 0 Å². The Morgan fingerprint density at radius 3 is 2.05 bits per heavy atom. The van der Waals surface area contributed by atoms with Crippen LogP contribution in [0.4, 0.5) is 26.3 Å². The highest BCUT2D eigenvalue weighted by atomic mass is 19.4. The van der Waals surface area contributed by atoms with Crippen LogP contribution in [0, 0.1) is 0 Å². The maximum absolute atomic E-state index is 13.0. The highest BCUT2D eigenvalue weighted by Gasteiger charge is 2.47. The Balaban J connectivity index is 3.44. The molecule has 1 heterocycles. The molecule has 2 N–H and O–H groups in total. The first-order valence-corrected chi connectivity index (χ1v) is 5.89. The Morgan fingerprint density at radius 2 is 1.67 bits per heavy atom. The predicted molar refractivity (Wildman–Crippen MR) is 59.3 cm³/mol. The zero-order valence-electron chi connectivity index (χ0n) is 11.1. The first-order valence-electron chi connectivity index (χ1n) is 5.89. The average Bonchev–Trinajstić information content (AvgIpc) is 2.66. The summed E-state index contributed by atoms with van der Waals surface area (Å²) in [5, 5.41) is 20.9. The lowest BCUT2D eigenvalue weighted by Crippen LogP contribution is -2.20. The van der Waals surface area contributed by atoms with Crippen LogP contribution in [-0.2, 0) is 19.4 Å². The zero-order chi connectivity index (χ0) is 16.6. The first kappa shape index (κ1) is 17.8. The summed E-state index contributed by atoms with van der Waals surface area (Å²) in [6, 6.07) is 0. The van der Waals surface area contributed by atoms with Crippen molar-refractivity contribution in [2.24, 2.45) is 7.05 Å². The number of hydrogen-bond acceptors (Lipinski definition) is 3. The van der Waals surface area contributed by atoms with E-state index in [0.29, 0.717) is 0 Å². The molecule has 0 spiro atoms. The van der Waals surface area contributed by atoms with E-state index in [2.05, 4.69) is 5.10 Å². The van der Waals surface area contributed by atoms with Gasteiger partial charge in [-0.15, -0.1) is 0 Å². The van der Waals surface area contributed by atoms with E-state index in [4.69, 9.17) is 5.11 Å². The van der Waals surface area contributed by atoms with Crippen LogP contribution < -0.4 is 0 Å². The Labute approximate surface area is 116 Å². The molecule has 0 bridgehead atoms. The lowest BCUT2D eigenvalue weighted by Gasteiger charge is -2.19. The van der Waals surface area contributed by atoms with Gasteiger partial charge in [-0.05, 0) is 12.3 Å². The number of aliphatic hydroxyl groups is 2. The van der Waals surface area contributed by atoms with Crippen molar-refractivity contribution in [3.63, 3.8) is 0 Å². The fourth-order valence-corrected chi connectivity index (χ4v) is 2.15. The summed E-state index contributed by atoms with van der Waals surface area (Å²) in [5.74, 6) is -1.28. The molecule has 4 nitrogen and oxygen atoms in total. The summed E-state index contributed by atoms with van der Waals surface area (Å²) < 4.78 is 77.6. The highest BCUT2D eigenvalue weighted by Crippen LogP contribution is 2.43. The summed E-state index contributed by atoms with van der Waals surface area (Å²) in [6.07, 6.45) is -11.9. The number of aromatic nitrogens is 2. The Hall–Kier alpha value is -1.29. The predicted octanol–water partition coefficient (Wildman–Crippen LogP) is 2.30. The number of aliphatic hydroxyl groups excluding tert-OH is 2. The molecular weight excluding hydrogens is 306 g/mol. The number of halogens is 6. The van der Waals surface area contributed by atoms with Crippen molar-refractivity contribution in [1.82, 2.24) is 9.78 Å². The molecule has 21 heavy (non-hydrogen) atoms. The van der Waals surface area contributed by atoms with E-state index in [1.165, 1.54) is 0 Å². The molecule has 122 valence electrons. The fourth-order valence-electron chi connectivity index (χ4n) is 2.15. The van der Waals surface area contributed by atoms with Gasteiger partial charge in [-0.1, -0.05) is 6.92 Å². The third kappa shape index (κ3) is 3.88. The van der Waals surface area contributed by atoms with Crippen molar-refractivity contribution < 1.29 is 36.6 Å². The molecule has 1 aromatic rings. The Morgan fingerprint density at radius 1 is 1.14 bits per heavy atom. The molecular formula is C11H14F6N2O2. The van der Waals surface area contributed by atoms with Gasteiger partial charge in [-0.25, -0.2) is 0 Å². The highest BCUT2D eigenvalue weighted by molar-refractivity contribution is 5.34. The Bertz CT molecular complexity index is 494. The number of hydrogen-bond donors (Lipinski definition) is 2. The summed E-state index contributed by atoms with van der Waals surface area (Å²) in [5.41, 5.74) is -4.16. The second-order valence-corrected chi connectivity index (χ2v) is 4.70. The lowest BCUT2D eigenvalue weighted by atomic mass is 9.92. The van der Waals surface area contributed by atoms with Crippen LogP contribution in [0.1, 0.15) is 36.2 Å². The van der Waals surface area contributed by atoms with Crippen LogP contribution >= 0.6 is 0 Å². The number of alkyl halides is 6. The van der Waals surface area contributed by atoms with Gasteiger partial charge in [0, 0.05) is 12.6 Å². The second-order valence-electron chi connectivity index (χ2n) is 4.70.